The van der Waals surface area contributed by atoms with E-state index in [1.54, 1.807) is 0 Å². The molecule has 1 aliphatic carbocycles. The van der Waals surface area contributed by atoms with E-state index in [1.807, 2.05) is 0 Å². The summed E-state index contributed by atoms with van der Waals surface area (Å²) in [4.78, 5) is 2.52. The molecule has 0 aromatic carbocycles. The fraction of sp³-hybridized carbons (Fsp3) is 1.00. The first-order chi connectivity index (χ1) is 6.85. The van der Waals surface area contributed by atoms with Crippen molar-refractivity contribution in [1.82, 2.24) is 4.90 Å². The van der Waals surface area contributed by atoms with Crippen molar-refractivity contribution in [2.45, 2.75) is 44.9 Å². The fourth-order valence-corrected chi connectivity index (χ4v) is 3.15. The molecule has 0 aromatic rings. The Hall–Kier alpha value is -0.0800. The SMILES string of the molecule is OCCCN1CC2(CCCCCC2)C1. The van der Waals surface area contributed by atoms with Crippen molar-refractivity contribution in [1.29, 1.82) is 0 Å². The lowest BCUT2D eigenvalue weighted by Gasteiger charge is -2.50. The molecule has 1 saturated carbocycles. The van der Waals surface area contributed by atoms with Gasteiger partial charge in [0.05, 0.1) is 0 Å². The van der Waals surface area contributed by atoms with Gasteiger partial charge in [-0.2, -0.15) is 0 Å². The highest BCUT2D eigenvalue weighted by atomic mass is 16.3. The summed E-state index contributed by atoms with van der Waals surface area (Å²) >= 11 is 0. The first kappa shape index (κ1) is 10.4. The van der Waals surface area contributed by atoms with Crippen LogP contribution in [0.5, 0.6) is 0 Å². The molecule has 1 heterocycles. The van der Waals surface area contributed by atoms with Crippen LogP contribution in [0.2, 0.25) is 0 Å². The molecule has 1 aliphatic heterocycles. The molecular weight excluding hydrogens is 174 g/mol. The Bertz CT molecular complexity index is 165. The van der Waals surface area contributed by atoms with Gasteiger partial charge in [-0.25, -0.2) is 0 Å². The van der Waals surface area contributed by atoms with Crippen LogP contribution in [0.1, 0.15) is 44.9 Å². The van der Waals surface area contributed by atoms with Crippen LogP contribution in [-0.2, 0) is 0 Å². The molecule has 1 spiro atoms. The number of nitrogens with zero attached hydrogens (tertiary/aromatic N) is 1. The van der Waals surface area contributed by atoms with Crippen LogP contribution in [0.25, 0.3) is 0 Å². The zero-order chi connectivity index (χ0) is 9.86. The van der Waals surface area contributed by atoms with Gasteiger partial charge in [0.1, 0.15) is 0 Å². The molecule has 14 heavy (non-hydrogen) atoms. The highest BCUT2D eigenvalue weighted by Gasteiger charge is 2.41. The first-order valence-corrected chi connectivity index (χ1v) is 6.18. The Morgan fingerprint density at radius 1 is 1.00 bits per heavy atom. The monoisotopic (exact) mass is 197 g/mol. The standard InChI is InChI=1S/C12H23NO/c14-9-5-8-13-10-12(11-13)6-3-1-2-4-7-12/h14H,1-11H2. The second-order valence-electron chi connectivity index (χ2n) is 5.20. The third-order valence-corrected chi connectivity index (χ3v) is 3.91. The number of likely N-dealkylation sites (tertiary alicyclic amines) is 1. The summed E-state index contributed by atoms with van der Waals surface area (Å²) in [5.41, 5.74) is 0.700. The molecular formula is C12H23NO. The lowest BCUT2D eigenvalue weighted by molar-refractivity contribution is -0.0144. The summed E-state index contributed by atoms with van der Waals surface area (Å²) in [6, 6.07) is 0. The average Bonchev–Trinajstić information content (AvgIpc) is 2.38. The van der Waals surface area contributed by atoms with Crippen molar-refractivity contribution >= 4 is 0 Å². The van der Waals surface area contributed by atoms with Gasteiger partial charge in [0.15, 0.2) is 0 Å². The number of hydrogen-bond donors (Lipinski definition) is 1. The van der Waals surface area contributed by atoms with E-state index in [0.29, 0.717) is 12.0 Å². The van der Waals surface area contributed by atoms with E-state index in [9.17, 15) is 0 Å². The number of rotatable bonds is 3. The van der Waals surface area contributed by atoms with E-state index < -0.39 is 0 Å². The van der Waals surface area contributed by atoms with Gasteiger partial charge in [-0.1, -0.05) is 25.7 Å². The van der Waals surface area contributed by atoms with Gasteiger partial charge in [0.2, 0.25) is 0 Å². The minimum Gasteiger partial charge on any atom is -0.396 e. The Morgan fingerprint density at radius 3 is 2.21 bits per heavy atom. The summed E-state index contributed by atoms with van der Waals surface area (Å²) in [6.07, 6.45) is 9.69. The molecule has 1 saturated heterocycles. The first-order valence-electron chi connectivity index (χ1n) is 6.18. The van der Waals surface area contributed by atoms with Crippen molar-refractivity contribution < 1.29 is 5.11 Å². The molecule has 1 N–H and O–H groups in total. The highest BCUT2D eigenvalue weighted by molar-refractivity contribution is 4.95. The van der Waals surface area contributed by atoms with Gasteiger partial charge in [0.25, 0.3) is 0 Å². The second-order valence-corrected chi connectivity index (χ2v) is 5.20. The van der Waals surface area contributed by atoms with Crippen LogP contribution in [0.4, 0.5) is 0 Å². The Balaban J connectivity index is 1.72. The van der Waals surface area contributed by atoms with Crippen molar-refractivity contribution in [3.05, 3.63) is 0 Å². The van der Waals surface area contributed by atoms with E-state index in [0.717, 1.165) is 13.0 Å². The normalized spacial score (nSPS) is 27.2. The predicted molar refractivity (Wildman–Crippen MR) is 58.3 cm³/mol. The lowest BCUT2D eigenvalue weighted by atomic mass is 9.73. The van der Waals surface area contributed by atoms with Crippen molar-refractivity contribution in [3.63, 3.8) is 0 Å². The van der Waals surface area contributed by atoms with Crippen LogP contribution in [0.3, 0.4) is 0 Å². The number of aliphatic hydroxyl groups is 1. The largest absolute Gasteiger partial charge is 0.396 e. The van der Waals surface area contributed by atoms with Crippen LogP contribution in [-0.4, -0.2) is 36.2 Å². The van der Waals surface area contributed by atoms with Gasteiger partial charge in [-0.15, -0.1) is 0 Å². The average molecular weight is 197 g/mol. The Labute approximate surface area is 87.3 Å². The van der Waals surface area contributed by atoms with Crippen LogP contribution >= 0.6 is 0 Å². The summed E-state index contributed by atoms with van der Waals surface area (Å²) in [6.45, 7) is 4.09. The van der Waals surface area contributed by atoms with Crippen molar-refractivity contribution in [2.75, 3.05) is 26.2 Å². The zero-order valence-corrected chi connectivity index (χ0v) is 9.17. The van der Waals surface area contributed by atoms with Crippen molar-refractivity contribution in [2.24, 2.45) is 5.41 Å². The molecule has 2 heteroatoms. The predicted octanol–water partition coefficient (Wildman–Crippen LogP) is 2.02. The Morgan fingerprint density at radius 2 is 1.64 bits per heavy atom. The summed E-state index contributed by atoms with van der Waals surface area (Å²) < 4.78 is 0. The topological polar surface area (TPSA) is 23.5 Å². The number of aliphatic hydroxyl groups excluding tert-OH is 1. The lowest BCUT2D eigenvalue weighted by Crippen LogP contribution is -2.56. The highest BCUT2D eigenvalue weighted by Crippen LogP contribution is 2.42. The molecule has 2 nitrogen and oxygen atoms in total. The van der Waals surface area contributed by atoms with Gasteiger partial charge in [-0.05, 0) is 24.7 Å². The van der Waals surface area contributed by atoms with E-state index >= 15 is 0 Å². The third-order valence-electron chi connectivity index (χ3n) is 3.91. The van der Waals surface area contributed by atoms with E-state index in [4.69, 9.17) is 5.11 Å². The molecule has 0 aromatic heterocycles. The van der Waals surface area contributed by atoms with Crippen LogP contribution in [0, 0.1) is 5.41 Å². The Kier molecular flexibility index (Phi) is 3.45. The minimum atomic E-state index is 0.351. The van der Waals surface area contributed by atoms with E-state index in [2.05, 4.69) is 4.90 Å². The summed E-state index contributed by atoms with van der Waals surface area (Å²) in [5, 5.41) is 8.75. The van der Waals surface area contributed by atoms with Crippen molar-refractivity contribution in [3.8, 4) is 0 Å². The van der Waals surface area contributed by atoms with Gasteiger partial charge in [0, 0.05) is 26.2 Å². The molecule has 82 valence electrons. The van der Waals surface area contributed by atoms with Crippen LogP contribution < -0.4 is 0 Å². The maximum atomic E-state index is 8.75. The van der Waals surface area contributed by atoms with Gasteiger partial charge < -0.3 is 10.0 Å². The number of hydrogen-bond acceptors (Lipinski definition) is 2. The molecule has 2 fully saturated rings. The van der Waals surface area contributed by atoms with E-state index in [-0.39, 0.29) is 0 Å². The second kappa shape index (κ2) is 4.63. The smallest absolute Gasteiger partial charge is 0.0443 e. The quantitative estimate of drug-likeness (QED) is 0.748. The summed E-state index contributed by atoms with van der Waals surface area (Å²) in [5.74, 6) is 0. The molecule has 0 atom stereocenters. The van der Waals surface area contributed by atoms with Gasteiger partial charge >= 0.3 is 0 Å². The van der Waals surface area contributed by atoms with Crippen LogP contribution in [0.15, 0.2) is 0 Å². The van der Waals surface area contributed by atoms with E-state index in [1.165, 1.54) is 51.6 Å². The molecule has 2 rings (SSSR count). The molecule has 0 bridgehead atoms. The molecule has 0 unspecified atom stereocenters. The minimum absolute atomic E-state index is 0.351. The maximum Gasteiger partial charge on any atom is 0.0443 e. The molecule has 2 aliphatic rings. The summed E-state index contributed by atoms with van der Waals surface area (Å²) in [7, 11) is 0. The third kappa shape index (κ3) is 2.29. The molecule has 0 amide bonds. The molecule has 0 radical (unpaired) electrons. The zero-order valence-electron chi connectivity index (χ0n) is 9.17. The fourth-order valence-electron chi connectivity index (χ4n) is 3.15. The van der Waals surface area contributed by atoms with Gasteiger partial charge in [-0.3, -0.25) is 0 Å². The maximum absolute atomic E-state index is 8.75.